The first-order chi connectivity index (χ1) is 14.2. The van der Waals surface area contributed by atoms with Gasteiger partial charge in [0, 0.05) is 0 Å². The van der Waals surface area contributed by atoms with E-state index < -0.39 is 6.10 Å². The molecule has 9 atom stereocenters. The van der Waals surface area contributed by atoms with E-state index in [1.165, 1.54) is 44.9 Å². The third kappa shape index (κ3) is 3.71. The molecule has 3 heteroatoms. The molecule has 1 unspecified atom stereocenters. The van der Waals surface area contributed by atoms with E-state index in [1.807, 2.05) is 6.08 Å². The molecule has 3 fully saturated rings. The minimum absolute atomic E-state index is 0.0412. The van der Waals surface area contributed by atoms with Crippen LogP contribution in [0.2, 0.25) is 0 Å². The Morgan fingerprint density at radius 3 is 2.53 bits per heavy atom. The summed E-state index contributed by atoms with van der Waals surface area (Å²) in [5.41, 5.74) is 1.59. The molecule has 1 N–H and O–H groups in total. The van der Waals surface area contributed by atoms with Crippen molar-refractivity contribution in [2.75, 3.05) is 0 Å². The summed E-state index contributed by atoms with van der Waals surface area (Å²) in [6.07, 6.45) is 13.3. The second-order valence-corrected chi connectivity index (χ2v) is 12.4. The normalized spacial score (nSPS) is 46.7. The summed E-state index contributed by atoms with van der Waals surface area (Å²) >= 11 is 0. The first kappa shape index (κ1) is 22.8. The topological polar surface area (TPSA) is 49.4 Å². The van der Waals surface area contributed by atoms with E-state index >= 15 is 0 Å². The largest absolute Gasteiger partial charge is 0.389 e. The fraction of sp³-hybridized carbons (Fsp3) is 0.926. The van der Waals surface area contributed by atoms with Gasteiger partial charge in [-0.3, -0.25) is 0 Å². The van der Waals surface area contributed by atoms with Gasteiger partial charge in [-0.25, -0.2) is 0 Å². The van der Waals surface area contributed by atoms with Crippen molar-refractivity contribution in [3.63, 3.8) is 0 Å². The minimum Gasteiger partial charge on any atom is -0.389 e. The van der Waals surface area contributed by atoms with Crippen molar-refractivity contribution in [3.05, 3.63) is 11.6 Å². The summed E-state index contributed by atoms with van der Waals surface area (Å²) in [5, 5.41) is 22.0. The third-order valence-electron chi connectivity index (χ3n) is 10.4. The van der Waals surface area contributed by atoms with Crippen LogP contribution >= 0.6 is 0 Å². The van der Waals surface area contributed by atoms with Gasteiger partial charge in [-0.2, -0.15) is 4.89 Å². The van der Waals surface area contributed by atoms with Gasteiger partial charge < -0.3 is 5.11 Å². The molecule has 0 saturated heterocycles. The Hall–Kier alpha value is -0.380. The van der Waals surface area contributed by atoms with Crippen molar-refractivity contribution >= 4 is 0 Å². The van der Waals surface area contributed by atoms with Crippen LogP contribution in [-0.2, 0) is 10.1 Å². The molecule has 0 aromatic heterocycles. The predicted octanol–water partition coefficient (Wildman–Crippen LogP) is 6.73. The molecule has 0 spiro atoms. The van der Waals surface area contributed by atoms with Gasteiger partial charge in [-0.05, 0) is 102 Å². The Balaban J connectivity index is 1.54. The maximum absolute atomic E-state index is 11.8. The average molecular weight is 418 g/mol. The van der Waals surface area contributed by atoms with Crippen LogP contribution in [0, 0.1) is 46.3 Å². The first-order valence-electron chi connectivity index (χ1n) is 12.9. The zero-order valence-corrected chi connectivity index (χ0v) is 20.0. The lowest BCUT2D eigenvalue weighted by Crippen LogP contribution is -2.54. The van der Waals surface area contributed by atoms with Crippen LogP contribution in [0.15, 0.2) is 11.6 Å². The Bertz CT molecular complexity index is 642. The lowest BCUT2D eigenvalue weighted by Gasteiger charge is -2.60. The molecule has 171 valence electrons. The molecule has 30 heavy (non-hydrogen) atoms. The Morgan fingerprint density at radius 1 is 1.07 bits per heavy atom. The quantitative estimate of drug-likeness (QED) is 0.296. The molecule has 1 radical (unpaired) electrons. The summed E-state index contributed by atoms with van der Waals surface area (Å²) in [5.74, 6) is 4.43. The second kappa shape index (κ2) is 8.52. The minimum atomic E-state index is -0.404. The van der Waals surface area contributed by atoms with Crippen LogP contribution in [0.4, 0.5) is 0 Å². The molecule has 0 heterocycles. The van der Waals surface area contributed by atoms with Gasteiger partial charge in [0.2, 0.25) is 0 Å². The molecule has 0 amide bonds. The summed E-state index contributed by atoms with van der Waals surface area (Å²) in [7, 11) is 0. The number of aliphatic hydroxyl groups is 1. The standard InChI is InChI=1S/C27H45O3/c1-17(2)7-6-8-18(3)21-9-10-22-20-16-25(30-29)24-15-19(28)11-13-27(24,5)23(20)12-14-26(21,22)4/h15,17-23,25,28H,6-14,16H2,1-5H3/t18-,19+,20+,21-,22+,23+,25?,26-,27-/m1/s1. The predicted molar refractivity (Wildman–Crippen MR) is 120 cm³/mol. The summed E-state index contributed by atoms with van der Waals surface area (Å²) < 4.78 is 0. The fourth-order valence-electron chi connectivity index (χ4n) is 8.84. The summed E-state index contributed by atoms with van der Waals surface area (Å²) in [6.45, 7) is 12.2. The average Bonchev–Trinajstić information content (AvgIpc) is 3.05. The third-order valence-corrected chi connectivity index (χ3v) is 10.4. The van der Waals surface area contributed by atoms with Crippen molar-refractivity contribution in [1.82, 2.24) is 0 Å². The smallest absolute Gasteiger partial charge is 0.118 e. The second-order valence-electron chi connectivity index (χ2n) is 12.4. The molecule has 4 aliphatic rings. The van der Waals surface area contributed by atoms with Crippen LogP contribution in [0.1, 0.15) is 98.8 Å². The highest BCUT2D eigenvalue weighted by Gasteiger charge is 2.61. The van der Waals surface area contributed by atoms with Crippen LogP contribution in [-0.4, -0.2) is 17.3 Å². The molecule has 4 aliphatic carbocycles. The van der Waals surface area contributed by atoms with Crippen molar-refractivity contribution in [2.24, 2.45) is 46.3 Å². The van der Waals surface area contributed by atoms with Crippen molar-refractivity contribution in [3.8, 4) is 0 Å². The molecule has 0 bridgehead atoms. The SMILES string of the molecule is CC(C)CCC[C@@H](C)[C@H]1CC[C@H]2[C@@H]3CC(O[O])C4=C[C@@H](O)CC[C@]4(C)[C@H]3CC[C@]12C. The highest BCUT2D eigenvalue weighted by molar-refractivity contribution is 5.29. The van der Waals surface area contributed by atoms with Gasteiger partial charge in [-0.15, -0.1) is 0 Å². The molecule has 0 aromatic rings. The van der Waals surface area contributed by atoms with E-state index in [-0.39, 0.29) is 11.5 Å². The van der Waals surface area contributed by atoms with Gasteiger partial charge >= 0.3 is 0 Å². The first-order valence-corrected chi connectivity index (χ1v) is 12.9. The fourth-order valence-corrected chi connectivity index (χ4v) is 8.84. The number of rotatable bonds is 6. The van der Waals surface area contributed by atoms with Gasteiger partial charge in [0.05, 0.1) is 6.10 Å². The molecular formula is C27H45O3. The van der Waals surface area contributed by atoms with E-state index in [1.54, 1.807) is 0 Å². The highest BCUT2D eigenvalue weighted by Crippen LogP contribution is 2.68. The number of hydrogen-bond acceptors (Lipinski definition) is 2. The van der Waals surface area contributed by atoms with Crippen LogP contribution in [0.25, 0.3) is 0 Å². The van der Waals surface area contributed by atoms with Gasteiger partial charge in [0.15, 0.2) is 0 Å². The molecular weight excluding hydrogens is 372 g/mol. The van der Waals surface area contributed by atoms with Crippen LogP contribution < -0.4 is 0 Å². The Morgan fingerprint density at radius 2 is 1.83 bits per heavy atom. The van der Waals surface area contributed by atoms with Crippen molar-refractivity contribution in [1.29, 1.82) is 0 Å². The van der Waals surface area contributed by atoms with Gasteiger partial charge in [-0.1, -0.05) is 60.0 Å². The lowest BCUT2D eigenvalue weighted by molar-refractivity contribution is -0.338. The lowest BCUT2D eigenvalue weighted by atomic mass is 9.46. The molecule has 3 nitrogen and oxygen atoms in total. The Kier molecular flexibility index (Phi) is 6.48. The number of aliphatic hydroxyl groups excluding tert-OH is 1. The molecule has 4 rings (SSSR count). The van der Waals surface area contributed by atoms with Gasteiger partial charge in [0.25, 0.3) is 0 Å². The highest BCUT2D eigenvalue weighted by atomic mass is 17.1. The maximum atomic E-state index is 11.8. The van der Waals surface area contributed by atoms with Gasteiger partial charge in [0.1, 0.15) is 6.10 Å². The molecule has 0 aliphatic heterocycles. The zero-order valence-electron chi connectivity index (χ0n) is 20.0. The zero-order chi connectivity index (χ0) is 21.7. The van der Waals surface area contributed by atoms with E-state index in [2.05, 4.69) is 34.6 Å². The molecule has 0 aromatic carbocycles. The monoisotopic (exact) mass is 417 g/mol. The van der Waals surface area contributed by atoms with E-state index in [4.69, 9.17) is 4.89 Å². The van der Waals surface area contributed by atoms with Crippen LogP contribution in [0.3, 0.4) is 0 Å². The number of hydrogen-bond donors (Lipinski definition) is 1. The van der Waals surface area contributed by atoms with Crippen molar-refractivity contribution in [2.45, 2.75) is 111 Å². The maximum Gasteiger partial charge on any atom is 0.118 e. The molecule has 3 saturated carbocycles. The van der Waals surface area contributed by atoms with Crippen molar-refractivity contribution < 1.29 is 15.3 Å². The van der Waals surface area contributed by atoms with E-state index in [0.717, 1.165) is 48.5 Å². The summed E-state index contributed by atoms with van der Waals surface area (Å²) in [6, 6.07) is 0. The van der Waals surface area contributed by atoms with E-state index in [0.29, 0.717) is 17.3 Å². The number of fused-ring (bicyclic) bond motifs is 5. The van der Waals surface area contributed by atoms with Crippen LogP contribution in [0.5, 0.6) is 0 Å². The Labute approximate surface area is 184 Å². The summed E-state index contributed by atoms with van der Waals surface area (Å²) in [4.78, 5) is 4.82. The van der Waals surface area contributed by atoms with E-state index in [9.17, 15) is 10.4 Å².